The van der Waals surface area contributed by atoms with Crippen molar-refractivity contribution in [2.24, 2.45) is 0 Å². The summed E-state index contributed by atoms with van der Waals surface area (Å²) in [5.74, 6) is 1.07. The average Bonchev–Trinajstić information content (AvgIpc) is 2.29. The van der Waals surface area contributed by atoms with Crippen LogP contribution in [0, 0.1) is 0 Å². The van der Waals surface area contributed by atoms with E-state index in [1.54, 1.807) is 4.90 Å². The van der Waals surface area contributed by atoms with Crippen molar-refractivity contribution in [3.8, 4) is 0 Å². The molecule has 1 radical (unpaired) electrons. The summed E-state index contributed by atoms with van der Waals surface area (Å²) in [7, 11) is 3.72. The standard InChI is InChI=1S/C9H13N4O2.Po/c1-7(14)15-5-4-8-10-6-11-9(12-8)13(2)3;/h6H,1,4-5H2,2-3H3;. The van der Waals surface area contributed by atoms with Gasteiger partial charge in [-0.05, 0) is 0 Å². The van der Waals surface area contributed by atoms with E-state index >= 15 is 0 Å². The summed E-state index contributed by atoms with van der Waals surface area (Å²) in [5, 5.41) is 0. The van der Waals surface area contributed by atoms with Gasteiger partial charge in [-0.25, -0.2) is 0 Å². The van der Waals surface area contributed by atoms with E-state index < -0.39 is 0 Å². The fraction of sp³-hybridized carbons (Fsp3) is 0.556. The van der Waals surface area contributed by atoms with Crippen molar-refractivity contribution < 1.29 is 9.53 Å². The minimum atomic E-state index is -0.170. The molecule has 0 fully saturated rings. The first-order valence-corrected chi connectivity index (χ1v) is 6.97. The Kier molecular flexibility index (Phi) is 5.54. The molecule has 0 amide bonds. The molecule has 0 aliphatic carbocycles. The zero-order valence-electron chi connectivity index (χ0n) is 9.21. The van der Waals surface area contributed by atoms with Crippen LogP contribution >= 0.6 is 0 Å². The van der Waals surface area contributed by atoms with Gasteiger partial charge in [0, 0.05) is 0 Å². The van der Waals surface area contributed by atoms with Gasteiger partial charge in [0.05, 0.1) is 0 Å². The topological polar surface area (TPSA) is 68.2 Å². The zero-order valence-corrected chi connectivity index (χ0v) is 12.4. The van der Waals surface area contributed by atoms with Crippen molar-refractivity contribution in [3.63, 3.8) is 0 Å². The third kappa shape index (κ3) is 4.36. The molecule has 0 atom stereocenters. The van der Waals surface area contributed by atoms with Gasteiger partial charge in [0.2, 0.25) is 0 Å². The van der Waals surface area contributed by atoms with Gasteiger partial charge in [-0.1, -0.05) is 0 Å². The van der Waals surface area contributed by atoms with E-state index in [1.165, 1.54) is 31.4 Å². The molecule has 6 nitrogen and oxygen atoms in total. The van der Waals surface area contributed by atoms with E-state index in [1.807, 2.05) is 14.1 Å². The molecule has 0 aromatic carbocycles. The number of hydrogen-bond acceptors (Lipinski definition) is 6. The number of carbonyl (C=O) groups is 1. The predicted molar refractivity (Wildman–Crippen MR) is 59.4 cm³/mol. The molecule has 1 aromatic rings. The van der Waals surface area contributed by atoms with Crippen LogP contribution in [-0.2, 0) is 16.0 Å². The maximum atomic E-state index is 10.9. The molecule has 0 aliphatic heterocycles. The molecule has 0 aliphatic rings. The number of hydrogen-bond donors (Lipinski definition) is 0. The second kappa shape index (κ2) is 6.69. The number of rotatable bonds is 5. The zero-order chi connectivity index (χ0) is 12.0. The van der Waals surface area contributed by atoms with Crippen molar-refractivity contribution in [1.82, 2.24) is 15.0 Å². The van der Waals surface area contributed by atoms with Crippen LogP contribution in [0.5, 0.6) is 0 Å². The molecule has 1 rings (SSSR count). The van der Waals surface area contributed by atoms with E-state index in [0.717, 1.165) is 0 Å². The van der Waals surface area contributed by atoms with Gasteiger partial charge in [0.15, 0.2) is 0 Å². The molecule has 0 saturated heterocycles. The summed E-state index contributed by atoms with van der Waals surface area (Å²) in [6.07, 6.45) is 1.98. The molecule has 0 saturated carbocycles. The predicted octanol–water partition coefficient (Wildman–Crippen LogP) is -0.390. The summed E-state index contributed by atoms with van der Waals surface area (Å²) in [6, 6.07) is 0. The third-order valence-electron chi connectivity index (χ3n) is 1.72. The summed E-state index contributed by atoms with van der Waals surface area (Å²) < 4.78 is 5.44. The van der Waals surface area contributed by atoms with Crippen LogP contribution in [0.3, 0.4) is 0 Å². The molecular formula is C9H13N4O2Po. The Morgan fingerprint density at radius 1 is 1.50 bits per heavy atom. The average molecular weight is 418 g/mol. The first-order chi connectivity index (χ1) is 7.63. The van der Waals surface area contributed by atoms with Crippen LogP contribution in [0.25, 0.3) is 0 Å². The second-order valence-electron chi connectivity index (χ2n) is 3.21. The van der Waals surface area contributed by atoms with Gasteiger partial charge in [-0.3, -0.25) is 0 Å². The molecule has 0 bridgehead atoms. The van der Waals surface area contributed by atoms with Crippen molar-refractivity contribution >= 4 is 37.0 Å². The summed E-state index contributed by atoms with van der Waals surface area (Å²) in [4.78, 5) is 24.9. The molecule has 87 valence electrons. The number of nitrogens with zero attached hydrogens (tertiary/aromatic N) is 4. The quantitative estimate of drug-likeness (QED) is 0.607. The third-order valence-corrected chi connectivity index (χ3v) is 2.63. The Morgan fingerprint density at radius 2 is 2.25 bits per heavy atom. The van der Waals surface area contributed by atoms with Crippen LogP contribution in [0.15, 0.2) is 6.33 Å². The molecule has 0 spiro atoms. The number of anilines is 1. The first-order valence-electron chi connectivity index (χ1n) is 4.72. The van der Waals surface area contributed by atoms with Crippen LogP contribution in [0.2, 0.25) is 4.08 Å². The Hall–Kier alpha value is -0.824. The van der Waals surface area contributed by atoms with Gasteiger partial charge in [0.1, 0.15) is 0 Å². The first kappa shape index (κ1) is 13.2. The van der Waals surface area contributed by atoms with Gasteiger partial charge in [-0.2, -0.15) is 0 Å². The number of esters is 1. The van der Waals surface area contributed by atoms with E-state index in [0.29, 0.717) is 28.9 Å². The van der Waals surface area contributed by atoms with E-state index in [4.69, 9.17) is 4.74 Å². The maximum absolute atomic E-state index is 10.9. The summed E-state index contributed by atoms with van der Waals surface area (Å²) in [5.41, 5.74) is 0. The number of ether oxygens (including phenoxy) is 1. The van der Waals surface area contributed by atoms with Crippen molar-refractivity contribution in [3.05, 3.63) is 12.2 Å². The monoisotopic (exact) mass is 418 g/mol. The van der Waals surface area contributed by atoms with Crippen LogP contribution in [0.4, 0.5) is 5.95 Å². The molecule has 0 N–H and O–H groups in total. The van der Waals surface area contributed by atoms with E-state index in [9.17, 15) is 4.79 Å². The summed E-state index contributed by atoms with van der Waals surface area (Å²) >= 11 is 1.20. The van der Waals surface area contributed by atoms with Gasteiger partial charge < -0.3 is 0 Å². The molecule has 1 heterocycles. The molecule has 16 heavy (non-hydrogen) atoms. The second-order valence-corrected chi connectivity index (χ2v) is 4.33. The molecule has 7 heteroatoms. The Balaban J connectivity index is 2.48. The number of aromatic nitrogens is 3. The Morgan fingerprint density at radius 3 is 2.88 bits per heavy atom. The fourth-order valence-corrected chi connectivity index (χ4v) is 1.28. The van der Waals surface area contributed by atoms with E-state index in [2.05, 4.69) is 15.0 Å². The summed E-state index contributed by atoms with van der Waals surface area (Å²) in [6.45, 7) is 0.322. The van der Waals surface area contributed by atoms with Gasteiger partial charge in [-0.15, -0.1) is 0 Å². The van der Waals surface area contributed by atoms with Gasteiger partial charge in [0.25, 0.3) is 0 Å². The fourth-order valence-electron chi connectivity index (χ4n) is 0.954. The van der Waals surface area contributed by atoms with Crippen LogP contribution < -0.4 is 4.90 Å². The Labute approximate surface area is 110 Å². The molecule has 0 unspecified atom stereocenters. The van der Waals surface area contributed by atoms with Gasteiger partial charge >= 0.3 is 110 Å². The van der Waals surface area contributed by atoms with Crippen molar-refractivity contribution in [2.75, 3.05) is 25.6 Å². The van der Waals surface area contributed by atoms with E-state index in [-0.39, 0.29) is 5.97 Å². The Bertz CT molecular complexity index is 359. The van der Waals surface area contributed by atoms with Crippen molar-refractivity contribution in [2.45, 2.75) is 10.5 Å². The molecular weight excluding hydrogens is 405 g/mol. The van der Waals surface area contributed by atoms with Crippen LogP contribution in [0.1, 0.15) is 5.82 Å². The normalized spacial score (nSPS) is 9.94. The van der Waals surface area contributed by atoms with Crippen molar-refractivity contribution in [1.29, 1.82) is 0 Å². The minimum absolute atomic E-state index is 0.170. The van der Waals surface area contributed by atoms with Crippen LogP contribution in [-0.4, -0.2) is 66.7 Å². The SMILES string of the molecule is CN(C)c1ncnc(CCOC(=O)[CH2][Po])n1. The number of carbonyl (C=O) groups excluding carboxylic acids is 1. The molecule has 1 aromatic heterocycles.